The number of aromatic nitrogens is 1. The second kappa shape index (κ2) is 12.5. The third kappa shape index (κ3) is 6.36. The van der Waals surface area contributed by atoms with Crippen LogP contribution in [0.5, 0.6) is 11.6 Å². The number of amides is 1. The Bertz CT molecular complexity index is 1500. The second-order valence-electron chi connectivity index (χ2n) is 8.61. The van der Waals surface area contributed by atoms with Crippen LogP contribution in [0.3, 0.4) is 0 Å². The third-order valence-corrected chi connectivity index (χ3v) is 6.86. The summed E-state index contributed by atoms with van der Waals surface area (Å²) in [6.07, 6.45) is -0.902. The molecule has 1 atom stereocenters. The van der Waals surface area contributed by atoms with Crippen molar-refractivity contribution in [3.05, 3.63) is 91.1 Å². The van der Waals surface area contributed by atoms with E-state index in [0.29, 0.717) is 27.0 Å². The lowest BCUT2D eigenvalue weighted by molar-refractivity contribution is -0.384. The van der Waals surface area contributed by atoms with Gasteiger partial charge in [0.15, 0.2) is 0 Å². The van der Waals surface area contributed by atoms with E-state index in [4.69, 9.17) is 18.9 Å². The van der Waals surface area contributed by atoms with Crippen molar-refractivity contribution in [2.24, 2.45) is 5.10 Å². The maximum Gasteiger partial charge on any atom is 0.269 e. The Morgan fingerprint density at radius 1 is 1.23 bits per heavy atom. The van der Waals surface area contributed by atoms with Gasteiger partial charge in [-0.1, -0.05) is 6.07 Å². The highest BCUT2D eigenvalue weighted by Crippen LogP contribution is 2.31. The number of hydrogen-bond donors (Lipinski definition) is 0. The number of halogens is 1. The van der Waals surface area contributed by atoms with E-state index in [2.05, 4.69) is 32.1 Å². The first-order valence-corrected chi connectivity index (χ1v) is 12.7. The van der Waals surface area contributed by atoms with E-state index in [1.165, 1.54) is 26.2 Å². The SMILES string of the molecule is COCc1c(Br)c(C)nc(OCC2OC(c3cccc(OCc4ccc([N+](=O)[O-])cc4)c3)=NN2C(C)=O)c1C#N. The average Bonchev–Trinajstić information content (AvgIpc) is 3.39. The minimum atomic E-state index is -0.902. The van der Waals surface area contributed by atoms with Gasteiger partial charge in [-0.25, -0.2) is 4.98 Å². The minimum absolute atomic E-state index is 0.000940. The van der Waals surface area contributed by atoms with E-state index in [1.807, 2.05) is 0 Å². The molecule has 4 rings (SSSR count). The Morgan fingerprint density at radius 2 is 1.98 bits per heavy atom. The molecule has 0 aliphatic carbocycles. The largest absolute Gasteiger partial charge is 0.489 e. The summed E-state index contributed by atoms with van der Waals surface area (Å²) in [5.41, 5.74) is 2.75. The molecule has 0 radical (unpaired) electrons. The van der Waals surface area contributed by atoms with Crippen LogP contribution < -0.4 is 9.47 Å². The molecule has 12 nitrogen and oxygen atoms in total. The van der Waals surface area contributed by atoms with Crippen LogP contribution in [-0.2, 0) is 27.5 Å². The van der Waals surface area contributed by atoms with Crippen molar-refractivity contribution in [3.8, 4) is 17.7 Å². The maximum absolute atomic E-state index is 12.3. The van der Waals surface area contributed by atoms with Gasteiger partial charge in [0.25, 0.3) is 5.69 Å². The minimum Gasteiger partial charge on any atom is -0.489 e. The molecular weight excluding hydrogens is 586 g/mol. The van der Waals surface area contributed by atoms with Crippen molar-refractivity contribution in [1.82, 2.24) is 9.99 Å². The Balaban J connectivity index is 1.47. The number of non-ortho nitro benzene ring substituents is 1. The van der Waals surface area contributed by atoms with Crippen LogP contribution >= 0.6 is 15.9 Å². The van der Waals surface area contributed by atoms with Gasteiger partial charge in [0, 0.05) is 41.8 Å². The van der Waals surface area contributed by atoms with Crippen LogP contribution in [-0.4, -0.2) is 46.7 Å². The van der Waals surface area contributed by atoms with Crippen LogP contribution in [0.4, 0.5) is 5.69 Å². The molecule has 1 aromatic heterocycles. The first-order chi connectivity index (χ1) is 19.2. The lowest BCUT2D eigenvalue weighted by Crippen LogP contribution is -2.37. The monoisotopic (exact) mass is 609 g/mol. The van der Waals surface area contributed by atoms with Gasteiger partial charge in [0.1, 0.15) is 30.6 Å². The summed E-state index contributed by atoms with van der Waals surface area (Å²) >= 11 is 3.45. The number of ether oxygens (including phenoxy) is 4. The molecule has 3 aromatic rings. The van der Waals surface area contributed by atoms with Crippen LogP contribution in [0.1, 0.15) is 34.9 Å². The first kappa shape index (κ1) is 28.5. The van der Waals surface area contributed by atoms with Crippen LogP contribution in [0.15, 0.2) is 58.1 Å². The van der Waals surface area contributed by atoms with Gasteiger partial charge >= 0.3 is 0 Å². The lowest BCUT2D eigenvalue weighted by Gasteiger charge is -2.20. The van der Waals surface area contributed by atoms with Crippen molar-refractivity contribution in [2.45, 2.75) is 33.3 Å². The van der Waals surface area contributed by atoms with E-state index in [-0.39, 0.29) is 48.8 Å². The zero-order chi connectivity index (χ0) is 28.8. The number of methoxy groups -OCH3 is 1. The van der Waals surface area contributed by atoms with Crippen LogP contribution in [0.25, 0.3) is 0 Å². The number of pyridine rings is 1. The molecule has 2 aromatic carbocycles. The fourth-order valence-electron chi connectivity index (χ4n) is 3.83. The normalized spacial score (nSPS) is 14.2. The number of aryl methyl sites for hydroxylation is 1. The summed E-state index contributed by atoms with van der Waals surface area (Å²) in [7, 11) is 1.52. The molecule has 0 spiro atoms. The number of nitro benzene ring substituents is 1. The highest BCUT2D eigenvalue weighted by molar-refractivity contribution is 9.10. The fraction of sp³-hybridized carbons (Fsp3) is 0.259. The quantitative estimate of drug-likeness (QED) is 0.237. The van der Waals surface area contributed by atoms with Crippen LogP contribution in [0, 0.1) is 28.4 Å². The van der Waals surface area contributed by atoms with Gasteiger partial charge in [0.2, 0.25) is 23.9 Å². The van der Waals surface area contributed by atoms with Crippen molar-refractivity contribution < 1.29 is 28.7 Å². The molecule has 0 saturated heterocycles. The number of carbonyl (C=O) groups excluding carboxylic acids is 1. The molecule has 40 heavy (non-hydrogen) atoms. The molecule has 0 N–H and O–H groups in total. The summed E-state index contributed by atoms with van der Waals surface area (Å²) in [4.78, 5) is 27.1. The number of rotatable bonds is 10. The molecule has 0 saturated carbocycles. The van der Waals surface area contributed by atoms with Gasteiger partial charge in [0.05, 0.1) is 17.2 Å². The Morgan fingerprint density at radius 3 is 2.62 bits per heavy atom. The van der Waals surface area contributed by atoms with Gasteiger partial charge < -0.3 is 18.9 Å². The molecular formula is C27H24BrN5O7. The summed E-state index contributed by atoms with van der Waals surface area (Å²) in [6.45, 7) is 3.35. The molecule has 13 heteroatoms. The molecule has 1 aliphatic heterocycles. The zero-order valence-electron chi connectivity index (χ0n) is 21.8. The fourth-order valence-corrected chi connectivity index (χ4v) is 4.23. The third-order valence-electron chi connectivity index (χ3n) is 5.81. The number of benzene rings is 2. The van der Waals surface area contributed by atoms with Gasteiger partial charge in [-0.2, -0.15) is 10.3 Å². The summed E-state index contributed by atoms with van der Waals surface area (Å²) in [5, 5.41) is 26.1. The Hall–Kier alpha value is -4.54. The maximum atomic E-state index is 12.3. The van der Waals surface area contributed by atoms with E-state index < -0.39 is 11.2 Å². The van der Waals surface area contributed by atoms with Gasteiger partial charge in [-0.3, -0.25) is 14.9 Å². The molecule has 1 aliphatic rings. The lowest BCUT2D eigenvalue weighted by atomic mass is 10.1. The average molecular weight is 610 g/mol. The van der Waals surface area contributed by atoms with Crippen molar-refractivity contribution in [2.75, 3.05) is 13.7 Å². The molecule has 206 valence electrons. The Labute approximate surface area is 238 Å². The number of nitrogens with zero attached hydrogens (tertiary/aromatic N) is 5. The number of hydrogen-bond acceptors (Lipinski definition) is 10. The van der Waals surface area contributed by atoms with E-state index in [1.54, 1.807) is 43.3 Å². The predicted molar refractivity (Wildman–Crippen MR) is 145 cm³/mol. The molecule has 0 fully saturated rings. The highest BCUT2D eigenvalue weighted by atomic mass is 79.9. The summed E-state index contributed by atoms with van der Waals surface area (Å²) < 4.78 is 23.5. The topological polar surface area (TPSA) is 149 Å². The molecule has 1 amide bonds. The highest BCUT2D eigenvalue weighted by Gasteiger charge is 2.33. The standard InChI is InChI=1S/C27H24BrN5O7/c1-16-25(28)23(14-37-3)22(12-29)27(30-16)39-15-24-32(17(2)34)31-26(40-24)19-5-4-6-21(11-19)38-13-18-7-9-20(10-8-18)33(35)36/h4-11,24H,13-15H2,1-3H3. The second-order valence-corrected chi connectivity index (χ2v) is 9.40. The predicted octanol–water partition coefficient (Wildman–Crippen LogP) is 4.60. The number of carbonyl (C=O) groups is 1. The van der Waals surface area contributed by atoms with Crippen LogP contribution in [0.2, 0.25) is 0 Å². The molecule has 2 heterocycles. The molecule has 1 unspecified atom stereocenters. The zero-order valence-corrected chi connectivity index (χ0v) is 23.4. The molecule has 0 bridgehead atoms. The summed E-state index contributed by atoms with van der Waals surface area (Å²) in [5.74, 6) is 0.423. The number of nitriles is 1. The van der Waals surface area contributed by atoms with Gasteiger partial charge in [-0.05, 0) is 58.7 Å². The van der Waals surface area contributed by atoms with Crippen molar-refractivity contribution in [3.63, 3.8) is 0 Å². The van der Waals surface area contributed by atoms with E-state index in [9.17, 15) is 20.2 Å². The van der Waals surface area contributed by atoms with E-state index >= 15 is 0 Å². The Kier molecular flexibility index (Phi) is 8.93. The smallest absolute Gasteiger partial charge is 0.269 e. The van der Waals surface area contributed by atoms with Crippen molar-refractivity contribution in [1.29, 1.82) is 5.26 Å². The van der Waals surface area contributed by atoms with E-state index in [0.717, 1.165) is 10.6 Å². The number of nitro groups is 1. The van der Waals surface area contributed by atoms with Crippen molar-refractivity contribution >= 4 is 33.4 Å². The van der Waals surface area contributed by atoms with Gasteiger partial charge in [-0.15, -0.1) is 5.10 Å². The summed E-state index contributed by atoms with van der Waals surface area (Å²) in [6, 6.07) is 15.1. The number of hydrazone groups is 1. The first-order valence-electron chi connectivity index (χ1n) is 11.9.